The van der Waals surface area contributed by atoms with E-state index in [2.05, 4.69) is 26.6 Å². The predicted octanol–water partition coefficient (Wildman–Crippen LogP) is 5.99. The summed E-state index contributed by atoms with van der Waals surface area (Å²) in [5.41, 5.74) is 0. The van der Waals surface area contributed by atoms with Crippen LogP contribution in [0.4, 0.5) is 0 Å². The average molecular weight is 319 g/mol. The molecule has 0 N–H and O–H groups in total. The van der Waals surface area contributed by atoms with Crippen molar-refractivity contribution in [3.05, 3.63) is 0 Å². The monoisotopic (exact) mass is 318 g/mol. The molecule has 0 aromatic rings. The van der Waals surface area contributed by atoms with Crippen molar-refractivity contribution in [2.24, 2.45) is 0 Å². The van der Waals surface area contributed by atoms with E-state index >= 15 is 0 Å². The van der Waals surface area contributed by atoms with Gasteiger partial charge in [0.2, 0.25) is 0 Å². The Morgan fingerprint density at radius 2 is 1.15 bits per heavy atom. The van der Waals surface area contributed by atoms with Gasteiger partial charge in [-0.1, -0.05) is 84.4 Å². The maximum absolute atomic E-state index is 11.9. The fraction of sp³-hybridized carbons (Fsp3) is 1.00. The highest BCUT2D eigenvalue weighted by molar-refractivity contribution is 7.85. The summed E-state index contributed by atoms with van der Waals surface area (Å²) in [6.45, 7) is 9.37. The summed E-state index contributed by atoms with van der Waals surface area (Å²) in [6, 6.07) is 1.22. The van der Waals surface area contributed by atoms with E-state index in [1.807, 2.05) is 0 Å². The molecule has 0 aromatic carbocycles. The van der Waals surface area contributed by atoms with Crippen molar-refractivity contribution in [2.45, 2.75) is 96.8 Å². The van der Waals surface area contributed by atoms with Crippen LogP contribution < -0.4 is 0 Å². The lowest BCUT2D eigenvalue weighted by molar-refractivity contribution is 0.562. The molecule has 0 amide bonds. The summed E-state index contributed by atoms with van der Waals surface area (Å²) in [5.74, 6) is 1.90. The molecule has 0 fully saturated rings. The highest BCUT2D eigenvalue weighted by atomic mass is 32.2. The normalized spacial score (nSPS) is 13.6. The molecule has 1 nitrogen and oxygen atoms in total. The SMILES string of the molecule is CCCCCCCCCCCCS(=O)CC[Si](C)(C)C. The second-order valence-corrected chi connectivity index (χ2v) is 14.7. The molecule has 0 radical (unpaired) electrons. The Morgan fingerprint density at radius 3 is 1.60 bits per heavy atom. The molecule has 0 aromatic heterocycles. The van der Waals surface area contributed by atoms with Crippen molar-refractivity contribution in [3.63, 3.8) is 0 Å². The van der Waals surface area contributed by atoms with Crippen molar-refractivity contribution in [3.8, 4) is 0 Å². The van der Waals surface area contributed by atoms with Crippen LogP contribution in [-0.2, 0) is 10.8 Å². The molecule has 0 saturated heterocycles. The Kier molecular flexibility index (Phi) is 13.3. The summed E-state index contributed by atoms with van der Waals surface area (Å²) in [4.78, 5) is 0. The summed E-state index contributed by atoms with van der Waals surface area (Å²) in [7, 11) is -1.54. The van der Waals surface area contributed by atoms with Crippen LogP contribution in [0.2, 0.25) is 25.7 Å². The van der Waals surface area contributed by atoms with Gasteiger partial charge in [0.25, 0.3) is 0 Å². The maximum atomic E-state index is 11.9. The lowest BCUT2D eigenvalue weighted by Gasteiger charge is -2.14. The molecule has 3 heteroatoms. The van der Waals surface area contributed by atoms with E-state index in [9.17, 15) is 4.21 Å². The van der Waals surface area contributed by atoms with Crippen LogP contribution in [0.15, 0.2) is 0 Å². The van der Waals surface area contributed by atoms with Gasteiger partial charge in [-0.25, -0.2) is 0 Å². The Hall–Kier alpha value is 0.367. The highest BCUT2D eigenvalue weighted by Gasteiger charge is 2.13. The van der Waals surface area contributed by atoms with Gasteiger partial charge in [0.1, 0.15) is 0 Å². The molecule has 0 heterocycles. The van der Waals surface area contributed by atoms with Crippen LogP contribution in [-0.4, -0.2) is 23.8 Å². The molecule has 122 valence electrons. The second kappa shape index (κ2) is 13.1. The summed E-state index contributed by atoms with van der Waals surface area (Å²) in [5, 5.41) is 0. The van der Waals surface area contributed by atoms with Crippen molar-refractivity contribution in [1.82, 2.24) is 0 Å². The van der Waals surface area contributed by atoms with Crippen molar-refractivity contribution < 1.29 is 4.21 Å². The largest absolute Gasteiger partial charge is 0.260 e. The van der Waals surface area contributed by atoms with Gasteiger partial charge in [-0.2, -0.15) is 0 Å². The van der Waals surface area contributed by atoms with Gasteiger partial charge in [-0.3, -0.25) is 4.21 Å². The Balaban J connectivity index is 3.21. The molecular formula is C17H38OSSi. The van der Waals surface area contributed by atoms with Crippen molar-refractivity contribution in [2.75, 3.05) is 11.5 Å². The van der Waals surface area contributed by atoms with Crippen molar-refractivity contribution >= 4 is 18.9 Å². The fourth-order valence-electron chi connectivity index (χ4n) is 2.27. The van der Waals surface area contributed by atoms with Crippen LogP contribution in [0.1, 0.15) is 71.1 Å². The molecule has 0 aliphatic heterocycles. The molecule has 0 rings (SSSR count). The first kappa shape index (κ1) is 20.4. The molecule has 0 aliphatic rings. The smallest absolute Gasteiger partial charge is 0.0451 e. The lowest BCUT2D eigenvalue weighted by Crippen LogP contribution is -2.22. The molecule has 0 bridgehead atoms. The third-order valence-electron chi connectivity index (χ3n) is 3.81. The number of hydrogen-bond acceptors (Lipinski definition) is 1. The Bertz CT molecular complexity index is 236. The average Bonchev–Trinajstić information content (AvgIpc) is 2.38. The quantitative estimate of drug-likeness (QED) is 0.284. The Morgan fingerprint density at radius 1 is 0.700 bits per heavy atom. The van der Waals surface area contributed by atoms with E-state index in [0.717, 1.165) is 11.5 Å². The van der Waals surface area contributed by atoms with Crippen LogP contribution >= 0.6 is 0 Å². The molecule has 0 saturated carbocycles. The standard InChI is InChI=1S/C17H38OSSi/c1-5-6-7-8-9-10-11-12-13-14-15-19(18)16-17-20(2,3)4/h5-17H2,1-4H3. The lowest BCUT2D eigenvalue weighted by atomic mass is 10.1. The van der Waals surface area contributed by atoms with E-state index in [0.29, 0.717) is 0 Å². The van der Waals surface area contributed by atoms with Crippen LogP contribution in [0.5, 0.6) is 0 Å². The molecule has 0 spiro atoms. The zero-order chi connectivity index (χ0) is 15.3. The number of hydrogen-bond donors (Lipinski definition) is 0. The molecule has 1 unspecified atom stereocenters. The van der Waals surface area contributed by atoms with Crippen LogP contribution in [0.25, 0.3) is 0 Å². The van der Waals surface area contributed by atoms with E-state index in [-0.39, 0.29) is 0 Å². The minimum absolute atomic E-state index is 0.544. The van der Waals surface area contributed by atoms with E-state index in [1.54, 1.807) is 0 Å². The minimum atomic E-state index is -0.992. The zero-order valence-electron chi connectivity index (χ0n) is 14.5. The van der Waals surface area contributed by atoms with Gasteiger partial charge in [0.05, 0.1) is 0 Å². The first-order chi connectivity index (χ1) is 9.45. The second-order valence-electron chi connectivity index (χ2n) is 7.34. The summed E-state index contributed by atoms with van der Waals surface area (Å²) >= 11 is 0. The van der Waals surface area contributed by atoms with Gasteiger partial charge in [0.15, 0.2) is 0 Å². The summed E-state index contributed by atoms with van der Waals surface area (Å²) < 4.78 is 11.9. The molecular weight excluding hydrogens is 280 g/mol. The number of unbranched alkanes of at least 4 members (excludes halogenated alkanes) is 9. The van der Waals surface area contributed by atoms with Gasteiger partial charge >= 0.3 is 0 Å². The third kappa shape index (κ3) is 16.4. The van der Waals surface area contributed by atoms with Gasteiger partial charge in [0, 0.05) is 30.4 Å². The first-order valence-electron chi connectivity index (χ1n) is 8.80. The van der Waals surface area contributed by atoms with E-state index in [1.165, 1.54) is 70.3 Å². The van der Waals surface area contributed by atoms with Crippen molar-refractivity contribution in [1.29, 1.82) is 0 Å². The number of rotatable bonds is 14. The van der Waals surface area contributed by atoms with Crippen LogP contribution in [0.3, 0.4) is 0 Å². The predicted molar refractivity (Wildman–Crippen MR) is 97.9 cm³/mol. The first-order valence-corrected chi connectivity index (χ1v) is 14.0. The van der Waals surface area contributed by atoms with Gasteiger partial charge in [-0.15, -0.1) is 0 Å². The van der Waals surface area contributed by atoms with E-state index < -0.39 is 18.9 Å². The third-order valence-corrected chi connectivity index (χ3v) is 7.32. The molecule has 20 heavy (non-hydrogen) atoms. The summed E-state index contributed by atoms with van der Waals surface area (Å²) in [6.07, 6.45) is 13.6. The Labute approximate surface area is 131 Å². The maximum Gasteiger partial charge on any atom is 0.0451 e. The van der Waals surface area contributed by atoms with Gasteiger partial charge in [-0.05, 0) is 12.5 Å². The molecule has 1 atom stereocenters. The topological polar surface area (TPSA) is 17.1 Å². The van der Waals surface area contributed by atoms with E-state index in [4.69, 9.17) is 0 Å². The fourth-order valence-corrected chi connectivity index (χ4v) is 6.36. The van der Waals surface area contributed by atoms with Gasteiger partial charge < -0.3 is 0 Å². The highest BCUT2D eigenvalue weighted by Crippen LogP contribution is 2.12. The van der Waals surface area contributed by atoms with Crippen LogP contribution in [0, 0.1) is 0 Å². The molecule has 0 aliphatic carbocycles. The zero-order valence-corrected chi connectivity index (χ0v) is 16.3. The minimum Gasteiger partial charge on any atom is -0.260 e.